The van der Waals surface area contributed by atoms with Gasteiger partial charge in [-0.3, -0.25) is 4.79 Å². The first-order valence-electron chi connectivity index (χ1n) is 9.63. The van der Waals surface area contributed by atoms with Gasteiger partial charge in [0.1, 0.15) is 0 Å². The van der Waals surface area contributed by atoms with Crippen LogP contribution in [0, 0.1) is 11.8 Å². The van der Waals surface area contributed by atoms with Crippen LogP contribution in [0.1, 0.15) is 40.0 Å². The monoisotopic (exact) mass is 369 g/mol. The number of nitrogens with zero attached hydrogens (tertiary/aromatic N) is 2. The highest BCUT2D eigenvalue weighted by Crippen LogP contribution is 2.50. The molecule has 3 aliphatic rings. The predicted octanol–water partition coefficient (Wildman–Crippen LogP) is 2.14. The van der Waals surface area contributed by atoms with Crippen molar-refractivity contribution in [3.8, 4) is 0 Å². The second kappa shape index (κ2) is 8.16. The number of piperazine rings is 1. The summed E-state index contributed by atoms with van der Waals surface area (Å²) in [6.07, 6.45) is 3.27. The lowest BCUT2D eigenvalue weighted by molar-refractivity contribution is -0.154. The summed E-state index contributed by atoms with van der Waals surface area (Å²) >= 11 is 1.77. The number of urea groups is 1. The van der Waals surface area contributed by atoms with Gasteiger partial charge in [-0.05, 0) is 39.2 Å². The van der Waals surface area contributed by atoms with Crippen LogP contribution in [0.25, 0.3) is 0 Å². The molecule has 2 heterocycles. The first-order chi connectivity index (χ1) is 12.0. The lowest BCUT2D eigenvalue weighted by Crippen LogP contribution is -2.54. The maximum Gasteiger partial charge on any atom is 0.318 e. The van der Waals surface area contributed by atoms with Crippen LogP contribution < -0.4 is 5.32 Å². The maximum absolute atomic E-state index is 12.7. The first kappa shape index (κ1) is 18.8. The van der Waals surface area contributed by atoms with Crippen molar-refractivity contribution in [2.24, 2.45) is 11.8 Å². The summed E-state index contributed by atoms with van der Waals surface area (Å²) in [5, 5.41) is 3.47. The largest absolute Gasteiger partial charge is 0.463 e. The van der Waals surface area contributed by atoms with E-state index in [0.717, 1.165) is 45.6 Å². The number of rotatable bonds is 4. The number of amides is 2. The minimum atomic E-state index is -0.208. The molecule has 6 nitrogen and oxygen atoms in total. The first-order valence-corrected chi connectivity index (χ1v) is 10.6. The van der Waals surface area contributed by atoms with Gasteiger partial charge in [0, 0.05) is 31.4 Å². The van der Waals surface area contributed by atoms with E-state index in [1.54, 1.807) is 11.8 Å². The van der Waals surface area contributed by atoms with Gasteiger partial charge in [-0.15, -0.1) is 11.8 Å². The van der Waals surface area contributed by atoms with Crippen LogP contribution in [-0.4, -0.2) is 71.3 Å². The van der Waals surface area contributed by atoms with Crippen molar-refractivity contribution in [3.63, 3.8) is 0 Å². The second-order valence-corrected chi connectivity index (χ2v) is 8.96. The molecular weight excluding hydrogens is 338 g/mol. The highest BCUT2D eigenvalue weighted by Gasteiger charge is 2.51. The fourth-order valence-corrected chi connectivity index (χ4v) is 6.08. The number of carbonyl (C=O) groups excluding carboxylic acids is 2. The Labute approximate surface area is 155 Å². The predicted molar refractivity (Wildman–Crippen MR) is 99.4 cm³/mol. The van der Waals surface area contributed by atoms with Crippen LogP contribution in [-0.2, 0) is 9.53 Å². The number of nitrogens with one attached hydrogen (secondary N) is 1. The summed E-state index contributed by atoms with van der Waals surface area (Å²) in [4.78, 5) is 29.6. The van der Waals surface area contributed by atoms with E-state index in [-0.39, 0.29) is 29.4 Å². The smallest absolute Gasteiger partial charge is 0.318 e. The zero-order valence-corrected chi connectivity index (χ0v) is 16.4. The molecule has 142 valence electrons. The van der Waals surface area contributed by atoms with Crippen molar-refractivity contribution in [3.05, 3.63) is 0 Å². The van der Waals surface area contributed by atoms with E-state index >= 15 is 0 Å². The molecule has 2 aliphatic heterocycles. The van der Waals surface area contributed by atoms with Crippen molar-refractivity contribution in [2.45, 2.75) is 56.8 Å². The van der Waals surface area contributed by atoms with Crippen LogP contribution in [0.5, 0.6) is 0 Å². The Bertz CT molecular complexity index is 494. The van der Waals surface area contributed by atoms with Crippen molar-refractivity contribution in [1.29, 1.82) is 0 Å². The lowest BCUT2D eigenvalue weighted by Gasteiger charge is -2.35. The van der Waals surface area contributed by atoms with Crippen LogP contribution in [0.2, 0.25) is 0 Å². The Kier molecular flexibility index (Phi) is 6.15. The standard InChI is InChI=1S/C18H31N3O3S/c1-4-20-8-10-21(11-9-20)18(23)19-16-15(17(22)24-12(2)3)13-6-5-7-14(13)25-16/h12-16H,4-11H2,1-3H3,(H,19,23). The van der Waals surface area contributed by atoms with Gasteiger partial charge in [-0.2, -0.15) is 0 Å². The van der Waals surface area contributed by atoms with Gasteiger partial charge >= 0.3 is 12.0 Å². The Morgan fingerprint density at radius 3 is 2.56 bits per heavy atom. The van der Waals surface area contributed by atoms with Crippen LogP contribution in [0.4, 0.5) is 4.79 Å². The van der Waals surface area contributed by atoms with Gasteiger partial charge < -0.3 is 19.9 Å². The molecule has 0 bridgehead atoms. The molecule has 2 amide bonds. The molecule has 1 aliphatic carbocycles. The Hall–Kier alpha value is -0.950. The maximum atomic E-state index is 12.7. The quantitative estimate of drug-likeness (QED) is 0.770. The van der Waals surface area contributed by atoms with E-state index < -0.39 is 0 Å². The van der Waals surface area contributed by atoms with Crippen LogP contribution in [0.3, 0.4) is 0 Å². The minimum Gasteiger partial charge on any atom is -0.463 e. The highest BCUT2D eigenvalue weighted by atomic mass is 32.2. The molecule has 3 fully saturated rings. The Balaban J connectivity index is 1.61. The number of thioether (sulfide) groups is 1. The molecule has 0 aromatic heterocycles. The molecule has 7 heteroatoms. The lowest BCUT2D eigenvalue weighted by atomic mass is 9.90. The van der Waals surface area contributed by atoms with Gasteiger partial charge in [0.15, 0.2) is 0 Å². The molecule has 4 unspecified atom stereocenters. The molecular formula is C18H31N3O3S. The number of esters is 1. The Morgan fingerprint density at radius 2 is 1.92 bits per heavy atom. The molecule has 0 spiro atoms. The number of carbonyl (C=O) groups is 2. The molecule has 25 heavy (non-hydrogen) atoms. The van der Waals surface area contributed by atoms with Gasteiger partial charge in [-0.1, -0.05) is 13.3 Å². The van der Waals surface area contributed by atoms with Crippen LogP contribution >= 0.6 is 11.8 Å². The van der Waals surface area contributed by atoms with Gasteiger partial charge in [0.2, 0.25) is 0 Å². The van der Waals surface area contributed by atoms with E-state index in [9.17, 15) is 9.59 Å². The second-order valence-electron chi connectivity index (χ2n) is 7.57. The number of hydrogen-bond acceptors (Lipinski definition) is 5. The van der Waals surface area contributed by atoms with E-state index in [4.69, 9.17) is 4.74 Å². The fourth-order valence-electron chi connectivity index (χ4n) is 4.25. The molecule has 0 aromatic rings. The SMILES string of the molecule is CCN1CCN(C(=O)NC2SC3CCCC3C2C(=O)OC(C)C)CC1. The highest BCUT2D eigenvalue weighted by molar-refractivity contribution is 8.00. The summed E-state index contributed by atoms with van der Waals surface area (Å²) in [7, 11) is 0. The summed E-state index contributed by atoms with van der Waals surface area (Å²) in [5.74, 6) is -0.00253. The third-order valence-electron chi connectivity index (χ3n) is 5.61. The summed E-state index contributed by atoms with van der Waals surface area (Å²) < 4.78 is 5.50. The van der Waals surface area contributed by atoms with E-state index in [1.807, 2.05) is 18.7 Å². The molecule has 2 saturated heterocycles. The van der Waals surface area contributed by atoms with Gasteiger partial charge in [0.25, 0.3) is 0 Å². The molecule has 1 saturated carbocycles. The minimum absolute atomic E-state index is 0.0319. The average molecular weight is 370 g/mol. The van der Waals surface area contributed by atoms with Crippen molar-refractivity contribution >= 4 is 23.8 Å². The van der Waals surface area contributed by atoms with Gasteiger partial charge in [0.05, 0.1) is 17.4 Å². The van der Waals surface area contributed by atoms with E-state index in [1.165, 1.54) is 6.42 Å². The summed E-state index contributed by atoms with van der Waals surface area (Å²) in [6, 6.07) is -0.0319. The number of likely N-dealkylation sites (N-methyl/N-ethyl adjacent to an activating group) is 1. The third kappa shape index (κ3) is 4.25. The zero-order valence-electron chi connectivity index (χ0n) is 15.6. The van der Waals surface area contributed by atoms with E-state index in [2.05, 4.69) is 17.1 Å². The molecule has 4 atom stereocenters. The summed E-state index contributed by atoms with van der Waals surface area (Å²) in [5.41, 5.74) is 0. The number of ether oxygens (including phenoxy) is 1. The van der Waals surface area contributed by atoms with Crippen LogP contribution in [0.15, 0.2) is 0 Å². The molecule has 0 radical (unpaired) electrons. The number of hydrogen-bond donors (Lipinski definition) is 1. The Morgan fingerprint density at radius 1 is 1.20 bits per heavy atom. The van der Waals surface area contributed by atoms with Crippen molar-refractivity contribution < 1.29 is 14.3 Å². The summed E-state index contributed by atoms with van der Waals surface area (Å²) in [6.45, 7) is 10.3. The normalized spacial score (nSPS) is 32.7. The third-order valence-corrected chi connectivity index (χ3v) is 7.25. The van der Waals surface area contributed by atoms with Crippen molar-refractivity contribution in [1.82, 2.24) is 15.1 Å². The zero-order chi connectivity index (χ0) is 18.0. The van der Waals surface area contributed by atoms with E-state index in [0.29, 0.717) is 11.2 Å². The number of fused-ring (bicyclic) bond motifs is 1. The molecule has 3 rings (SSSR count). The van der Waals surface area contributed by atoms with Gasteiger partial charge in [-0.25, -0.2) is 4.79 Å². The fraction of sp³-hybridized carbons (Fsp3) is 0.889. The van der Waals surface area contributed by atoms with Crippen molar-refractivity contribution in [2.75, 3.05) is 32.7 Å². The molecule has 0 aromatic carbocycles. The topological polar surface area (TPSA) is 61.9 Å². The molecule has 1 N–H and O–H groups in total. The average Bonchev–Trinajstić information content (AvgIpc) is 3.14.